The maximum Gasteiger partial charge on any atom is 0.220 e. The minimum Gasteiger partial charge on any atom is -0.200 e. The Morgan fingerprint density at radius 1 is 0.561 bits per heavy atom. The Morgan fingerprint density at radius 2 is 1.10 bits per heavy atom. The lowest BCUT2D eigenvalue weighted by molar-refractivity contribution is -0.659. The fourth-order valence-corrected chi connectivity index (χ4v) is 11.5. The van der Waals surface area contributed by atoms with Crippen molar-refractivity contribution in [1.82, 2.24) is 0 Å². The first-order valence-corrected chi connectivity index (χ1v) is 16.7. The first kappa shape index (κ1) is 26.9. The summed E-state index contributed by atoms with van der Waals surface area (Å²) in [7, 11) is -0.396. The van der Waals surface area contributed by atoms with Gasteiger partial charge >= 0.3 is 0 Å². The number of aryl methyl sites for hydroxylation is 2. The van der Waals surface area contributed by atoms with Gasteiger partial charge in [0.15, 0.2) is 14.3 Å². The van der Waals surface area contributed by atoms with E-state index in [-0.39, 0.29) is 0 Å². The lowest BCUT2D eigenvalue weighted by Gasteiger charge is -2.34. The molecule has 6 aromatic rings. The van der Waals surface area contributed by atoms with Gasteiger partial charge in [0.05, 0.1) is 10.9 Å². The third kappa shape index (κ3) is 4.43. The van der Waals surface area contributed by atoms with Gasteiger partial charge in [-0.2, -0.15) is 0 Å². The van der Waals surface area contributed by atoms with E-state index in [4.69, 9.17) is 0 Å². The molecule has 0 bridgehead atoms. The van der Waals surface area contributed by atoms with E-state index in [1.807, 2.05) is 0 Å². The molecule has 5 aromatic carbocycles. The van der Waals surface area contributed by atoms with Crippen molar-refractivity contribution in [2.24, 2.45) is 7.05 Å². The predicted octanol–water partition coefficient (Wildman–Crippen LogP) is 6.20. The summed E-state index contributed by atoms with van der Waals surface area (Å²) >= 11 is 0. The molecule has 0 unspecified atom stereocenters. The zero-order valence-electron chi connectivity index (χ0n) is 24.8. The quantitative estimate of drug-likeness (QED) is 0.133. The molecule has 0 spiro atoms. The molecule has 0 fully saturated rings. The van der Waals surface area contributed by atoms with Crippen LogP contribution in [0.25, 0.3) is 22.0 Å². The highest BCUT2D eigenvalue weighted by Crippen LogP contribution is 2.32. The molecule has 202 valence electrons. The van der Waals surface area contributed by atoms with Gasteiger partial charge in [-0.1, -0.05) is 110 Å². The summed E-state index contributed by atoms with van der Waals surface area (Å²) in [5, 5.41) is 8.18. The smallest absolute Gasteiger partial charge is 0.200 e. The lowest BCUT2D eigenvalue weighted by Crippen LogP contribution is -2.74. The highest BCUT2D eigenvalue weighted by molar-refractivity contribution is 7.20. The predicted molar refractivity (Wildman–Crippen MR) is 178 cm³/mol. The lowest BCUT2D eigenvalue weighted by atomic mass is 9.90. The molecular weight excluding hydrogens is 511 g/mol. The van der Waals surface area contributed by atoms with Gasteiger partial charge in [0.2, 0.25) is 5.69 Å². The Labute approximate surface area is 245 Å². The van der Waals surface area contributed by atoms with Gasteiger partial charge in [0, 0.05) is 6.07 Å². The van der Waals surface area contributed by atoms with Crippen LogP contribution < -0.4 is 25.3 Å². The number of benzene rings is 5. The fourth-order valence-electron chi connectivity index (χ4n) is 6.73. The van der Waals surface area contributed by atoms with Crippen molar-refractivity contribution in [1.29, 1.82) is 0 Å². The summed E-state index contributed by atoms with van der Waals surface area (Å²) in [5.41, 5.74) is 8.24. The van der Waals surface area contributed by atoms with Crippen LogP contribution in [0.15, 0.2) is 128 Å². The second kappa shape index (κ2) is 11.0. The largest absolute Gasteiger partial charge is 0.220 e. The molecule has 0 saturated carbocycles. The van der Waals surface area contributed by atoms with Crippen molar-refractivity contribution in [2.75, 3.05) is 0 Å². The molecule has 0 atom stereocenters. The summed E-state index contributed by atoms with van der Waals surface area (Å²) in [5.74, 6) is 0. The van der Waals surface area contributed by atoms with E-state index in [1.165, 1.54) is 65.0 Å². The number of rotatable bonds is 6. The van der Waals surface area contributed by atoms with Crippen molar-refractivity contribution in [3.8, 4) is 11.3 Å². The van der Waals surface area contributed by atoms with Crippen molar-refractivity contribution in [3.05, 3.63) is 150 Å². The van der Waals surface area contributed by atoms with Crippen LogP contribution in [0.5, 0.6) is 0 Å². The highest BCUT2D eigenvalue weighted by atomic mass is 28.3. The van der Waals surface area contributed by atoms with Crippen LogP contribution in [0.1, 0.15) is 29.2 Å². The van der Waals surface area contributed by atoms with Crippen molar-refractivity contribution in [2.45, 2.75) is 34.1 Å². The van der Waals surface area contributed by atoms with Crippen LogP contribution in [0.3, 0.4) is 0 Å². The summed E-state index contributed by atoms with van der Waals surface area (Å²) in [6.07, 6.45) is 3.27. The number of fused-ring (bicyclic) bond motifs is 1. The van der Waals surface area contributed by atoms with Crippen LogP contribution in [0, 0.1) is 20.8 Å². The van der Waals surface area contributed by atoms with Crippen LogP contribution in [0.2, 0.25) is 0 Å². The number of pyridine rings is 1. The monoisotopic (exact) mass is 548 g/mol. The molecular formula is C39H38NSi+. The maximum atomic E-state index is 2.48. The summed E-state index contributed by atoms with van der Waals surface area (Å²) in [6.45, 7) is 9.08. The normalized spacial score (nSPS) is 11.6. The SMILES string of the molecule is CCc1cc(-c2c3ccc([Si](c4ccccc4)(c4ccccc4)c4ccccc4)cc3cc[n+]2C)c(C)c(C)c1C. The summed E-state index contributed by atoms with van der Waals surface area (Å²) in [6, 6.07) is 45.5. The summed E-state index contributed by atoms with van der Waals surface area (Å²) in [4.78, 5) is 0. The molecule has 0 amide bonds. The molecule has 1 heterocycles. The number of aromatic nitrogens is 1. The second-order valence-electron chi connectivity index (χ2n) is 11.2. The van der Waals surface area contributed by atoms with E-state index >= 15 is 0 Å². The number of nitrogens with zero attached hydrogens (tertiary/aromatic N) is 1. The van der Waals surface area contributed by atoms with Crippen molar-refractivity contribution >= 4 is 39.6 Å². The minimum atomic E-state index is -2.58. The molecule has 1 nitrogen and oxygen atoms in total. The highest BCUT2D eigenvalue weighted by Gasteiger charge is 2.41. The fraction of sp³-hybridized carbons (Fsp3) is 0.154. The molecule has 0 saturated heterocycles. The van der Waals surface area contributed by atoms with Gasteiger partial charge in [-0.25, -0.2) is 4.57 Å². The van der Waals surface area contributed by atoms with Crippen LogP contribution in [0.4, 0.5) is 0 Å². The Kier molecular flexibility index (Phi) is 7.19. The molecule has 0 radical (unpaired) electrons. The van der Waals surface area contributed by atoms with Crippen LogP contribution in [-0.4, -0.2) is 8.07 Å². The Balaban J connectivity index is 1.68. The molecule has 41 heavy (non-hydrogen) atoms. The number of hydrogen-bond donors (Lipinski definition) is 0. The van der Waals surface area contributed by atoms with E-state index in [1.54, 1.807) is 0 Å². The molecule has 6 rings (SSSR count). The van der Waals surface area contributed by atoms with Crippen LogP contribution >= 0.6 is 0 Å². The first-order valence-electron chi connectivity index (χ1n) is 14.7. The topological polar surface area (TPSA) is 3.88 Å². The minimum absolute atomic E-state index is 1.04. The zero-order valence-corrected chi connectivity index (χ0v) is 25.8. The summed E-state index contributed by atoms with van der Waals surface area (Å²) < 4.78 is 2.30. The Morgan fingerprint density at radius 3 is 1.61 bits per heavy atom. The second-order valence-corrected chi connectivity index (χ2v) is 15.0. The van der Waals surface area contributed by atoms with Gasteiger partial charge < -0.3 is 0 Å². The average molecular weight is 549 g/mol. The van der Waals surface area contributed by atoms with E-state index in [2.05, 4.69) is 167 Å². The van der Waals surface area contributed by atoms with Crippen molar-refractivity contribution < 1.29 is 4.57 Å². The third-order valence-electron chi connectivity index (χ3n) is 9.16. The third-order valence-corrected chi connectivity index (χ3v) is 13.9. The van der Waals surface area contributed by atoms with E-state index < -0.39 is 8.07 Å². The first-order chi connectivity index (χ1) is 20.0. The van der Waals surface area contributed by atoms with Gasteiger partial charge in [-0.3, -0.25) is 0 Å². The van der Waals surface area contributed by atoms with Crippen molar-refractivity contribution in [3.63, 3.8) is 0 Å². The Hall–Kier alpha value is -4.27. The standard InChI is InChI=1S/C39H38NSi/c1-6-31-27-38(30(4)28(2)29(31)3)39-37-23-22-36(26-32(37)24-25-40(39)5)41(33-16-10-7-11-17-33,34-18-12-8-13-19-34)35-20-14-9-15-21-35/h7-27H,6H2,1-5H3/q+1. The molecule has 0 N–H and O–H groups in total. The Bertz CT molecular complexity index is 1740. The molecule has 0 aliphatic rings. The number of hydrogen-bond acceptors (Lipinski definition) is 0. The maximum absolute atomic E-state index is 2.58. The molecule has 0 aliphatic heterocycles. The van der Waals surface area contributed by atoms with Gasteiger partial charge in [0.25, 0.3) is 0 Å². The van der Waals surface area contributed by atoms with E-state index in [0.717, 1.165) is 6.42 Å². The molecule has 1 aromatic heterocycles. The van der Waals surface area contributed by atoms with E-state index in [9.17, 15) is 0 Å². The van der Waals surface area contributed by atoms with E-state index in [0.29, 0.717) is 0 Å². The molecule has 2 heteroatoms. The van der Waals surface area contributed by atoms with Gasteiger partial charge in [-0.15, -0.1) is 0 Å². The molecule has 0 aliphatic carbocycles. The van der Waals surface area contributed by atoms with Gasteiger partial charge in [-0.05, 0) is 87.7 Å². The average Bonchev–Trinajstić information content (AvgIpc) is 3.02. The zero-order chi connectivity index (χ0) is 28.6. The van der Waals surface area contributed by atoms with Crippen LogP contribution in [-0.2, 0) is 13.5 Å². The van der Waals surface area contributed by atoms with Gasteiger partial charge in [0.1, 0.15) is 7.05 Å².